The molecule has 144 valence electrons. The molecule has 0 aliphatic heterocycles. The highest BCUT2D eigenvalue weighted by Gasteiger charge is 2.16. The Morgan fingerprint density at radius 1 is 0.793 bits per heavy atom. The van der Waals surface area contributed by atoms with Crippen molar-refractivity contribution in [3.05, 3.63) is 96.0 Å². The van der Waals surface area contributed by atoms with E-state index in [4.69, 9.17) is 11.6 Å². The van der Waals surface area contributed by atoms with Gasteiger partial charge in [0.25, 0.3) is 0 Å². The summed E-state index contributed by atoms with van der Waals surface area (Å²) in [6.45, 7) is 0. The summed E-state index contributed by atoms with van der Waals surface area (Å²) >= 11 is 6.09. The van der Waals surface area contributed by atoms with Crippen LogP contribution in [-0.2, 0) is 15.6 Å². The van der Waals surface area contributed by atoms with Crippen LogP contribution in [0.2, 0.25) is 5.02 Å². The topological polar surface area (TPSA) is 46.2 Å². The highest BCUT2D eigenvalue weighted by molar-refractivity contribution is 7.86. The molecule has 3 nitrogen and oxygen atoms in total. The lowest BCUT2D eigenvalue weighted by Gasteiger charge is -2.12. The van der Waals surface area contributed by atoms with Crippen molar-refractivity contribution >= 4 is 44.8 Å². The molecule has 4 aromatic carbocycles. The first-order valence-corrected chi connectivity index (χ1v) is 10.8. The summed E-state index contributed by atoms with van der Waals surface area (Å²) < 4.78 is 13.1. The van der Waals surface area contributed by atoms with Crippen LogP contribution in [0.4, 0.5) is 5.69 Å². The predicted octanol–water partition coefficient (Wildman–Crippen LogP) is 5.91. The van der Waals surface area contributed by atoms with Gasteiger partial charge in [0.2, 0.25) is 5.91 Å². The maximum Gasteiger partial charge on any atom is 0.237 e. The van der Waals surface area contributed by atoms with E-state index in [1.165, 1.54) is 0 Å². The molecule has 0 aliphatic carbocycles. The predicted molar refractivity (Wildman–Crippen MR) is 121 cm³/mol. The molecular weight excluding hydrogens is 402 g/mol. The quantitative estimate of drug-likeness (QED) is 0.437. The number of carbonyl (C=O) groups excluding carboxylic acids is 1. The summed E-state index contributed by atoms with van der Waals surface area (Å²) in [7, 11) is -1.50. The van der Waals surface area contributed by atoms with E-state index in [0.717, 1.165) is 21.9 Å². The van der Waals surface area contributed by atoms with Gasteiger partial charge >= 0.3 is 0 Å². The SMILES string of the molecule is O=C(CS(=O)c1ccccc1-c1cccc2ccccc12)Nc1ccccc1Cl. The van der Waals surface area contributed by atoms with Crippen molar-refractivity contribution in [2.24, 2.45) is 0 Å². The van der Waals surface area contributed by atoms with Crippen LogP contribution >= 0.6 is 11.6 Å². The molecule has 5 heteroatoms. The summed E-state index contributed by atoms with van der Waals surface area (Å²) in [5.74, 6) is -0.489. The molecule has 0 bridgehead atoms. The van der Waals surface area contributed by atoms with Crippen molar-refractivity contribution in [1.29, 1.82) is 0 Å². The molecule has 0 radical (unpaired) electrons. The molecule has 1 atom stereocenters. The first-order chi connectivity index (χ1) is 14.1. The number of benzene rings is 4. The third-order valence-electron chi connectivity index (χ3n) is 4.62. The maximum atomic E-state index is 13.1. The van der Waals surface area contributed by atoms with Crippen molar-refractivity contribution in [3.63, 3.8) is 0 Å². The van der Waals surface area contributed by atoms with Crippen molar-refractivity contribution in [3.8, 4) is 11.1 Å². The second-order valence-corrected chi connectivity index (χ2v) is 8.37. The van der Waals surface area contributed by atoms with Crippen LogP contribution in [0.1, 0.15) is 0 Å². The van der Waals surface area contributed by atoms with E-state index < -0.39 is 10.8 Å². The number of para-hydroxylation sites is 1. The van der Waals surface area contributed by atoms with Crippen LogP contribution in [0.5, 0.6) is 0 Å². The summed E-state index contributed by atoms with van der Waals surface area (Å²) in [5, 5.41) is 5.38. The van der Waals surface area contributed by atoms with Crippen molar-refractivity contribution in [2.75, 3.05) is 11.1 Å². The summed E-state index contributed by atoms with van der Waals surface area (Å²) in [5.41, 5.74) is 2.38. The Morgan fingerprint density at radius 2 is 1.45 bits per heavy atom. The molecule has 0 aromatic heterocycles. The van der Waals surface area contributed by atoms with E-state index in [-0.39, 0.29) is 11.7 Å². The minimum absolute atomic E-state index is 0.146. The number of fused-ring (bicyclic) bond motifs is 1. The van der Waals surface area contributed by atoms with E-state index in [1.807, 2.05) is 48.5 Å². The molecule has 1 unspecified atom stereocenters. The molecule has 0 saturated carbocycles. The van der Waals surface area contributed by atoms with Crippen LogP contribution in [0.25, 0.3) is 21.9 Å². The fraction of sp³-hybridized carbons (Fsp3) is 0.0417. The normalized spacial score (nSPS) is 11.9. The Labute approximate surface area is 176 Å². The fourth-order valence-electron chi connectivity index (χ4n) is 3.29. The van der Waals surface area contributed by atoms with Crippen LogP contribution < -0.4 is 5.32 Å². The average molecular weight is 420 g/mol. The first-order valence-electron chi connectivity index (χ1n) is 9.13. The lowest BCUT2D eigenvalue weighted by atomic mass is 9.98. The van der Waals surface area contributed by atoms with Gasteiger partial charge in [-0.25, -0.2) is 0 Å². The number of hydrogen-bond acceptors (Lipinski definition) is 2. The summed E-state index contributed by atoms with van der Waals surface area (Å²) in [4.78, 5) is 13.1. The minimum Gasteiger partial charge on any atom is -0.324 e. The number of nitrogens with one attached hydrogen (secondary N) is 1. The van der Waals surface area contributed by atoms with Gasteiger partial charge in [-0.1, -0.05) is 84.4 Å². The molecular formula is C24H18ClNO2S. The summed E-state index contributed by atoms with van der Waals surface area (Å²) in [6, 6.07) is 28.6. The zero-order chi connectivity index (χ0) is 20.2. The van der Waals surface area contributed by atoms with E-state index in [1.54, 1.807) is 24.3 Å². The van der Waals surface area contributed by atoms with Crippen LogP contribution in [0.3, 0.4) is 0 Å². The lowest BCUT2D eigenvalue weighted by molar-refractivity contribution is -0.113. The molecule has 0 saturated heterocycles. The number of carbonyl (C=O) groups is 1. The molecule has 0 aliphatic rings. The van der Waals surface area contributed by atoms with Gasteiger partial charge in [0, 0.05) is 4.90 Å². The van der Waals surface area contributed by atoms with Crippen molar-refractivity contribution in [2.45, 2.75) is 4.90 Å². The van der Waals surface area contributed by atoms with Crippen LogP contribution in [0.15, 0.2) is 95.9 Å². The van der Waals surface area contributed by atoms with Gasteiger partial charge in [-0.3, -0.25) is 9.00 Å². The third kappa shape index (κ3) is 4.24. The fourth-order valence-corrected chi connectivity index (χ4v) is 4.60. The van der Waals surface area contributed by atoms with Gasteiger partial charge in [-0.15, -0.1) is 0 Å². The van der Waals surface area contributed by atoms with Crippen LogP contribution in [-0.4, -0.2) is 15.9 Å². The van der Waals surface area contributed by atoms with E-state index in [0.29, 0.717) is 15.6 Å². The Bertz CT molecular complexity index is 1220. The molecule has 1 amide bonds. The van der Waals surface area contributed by atoms with Gasteiger partial charge < -0.3 is 5.32 Å². The van der Waals surface area contributed by atoms with Gasteiger partial charge in [-0.2, -0.15) is 0 Å². The zero-order valence-electron chi connectivity index (χ0n) is 15.5. The van der Waals surface area contributed by atoms with Gasteiger partial charge in [0.15, 0.2) is 0 Å². The molecule has 4 rings (SSSR count). The highest BCUT2D eigenvalue weighted by atomic mass is 35.5. The maximum absolute atomic E-state index is 13.1. The van der Waals surface area contributed by atoms with Gasteiger partial charge in [0.1, 0.15) is 5.75 Å². The average Bonchev–Trinajstić information content (AvgIpc) is 2.75. The Kier molecular flexibility index (Phi) is 5.74. The number of amides is 1. The molecule has 0 heterocycles. The third-order valence-corrected chi connectivity index (χ3v) is 6.32. The minimum atomic E-state index is -1.50. The Balaban J connectivity index is 1.64. The van der Waals surface area contributed by atoms with E-state index in [2.05, 4.69) is 23.5 Å². The Morgan fingerprint density at radius 3 is 2.31 bits per heavy atom. The smallest absolute Gasteiger partial charge is 0.237 e. The summed E-state index contributed by atoms with van der Waals surface area (Å²) in [6.07, 6.45) is 0. The van der Waals surface area contributed by atoms with E-state index in [9.17, 15) is 9.00 Å². The molecule has 0 spiro atoms. The Hall–Kier alpha value is -2.95. The molecule has 1 N–H and O–H groups in total. The largest absolute Gasteiger partial charge is 0.324 e. The second-order valence-electron chi connectivity index (χ2n) is 6.54. The molecule has 4 aromatic rings. The molecule has 0 fully saturated rings. The highest BCUT2D eigenvalue weighted by Crippen LogP contribution is 2.32. The van der Waals surface area contributed by atoms with Gasteiger partial charge in [-0.05, 0) is 40.1 Å². The second kappa shape index (κ2) is 8.60. The number of hydrogen-bond donors (Lipinski definition) is 1. The first kappa shape index (κ1) is 19.4. The number of halogens is 1. The van der Waals surface area contributed by atoms with E-state index >= 15 is 0 Å². The van der Waals surface area contributed by atoms with Crippen LogP contribution in [0, 0.1) is 0 Å². The number of anilines is 1. The zero-order valence-corrected chi connectivity index (χ0v) is 17.0. The standard InChI is InChI=1S/C24H18ClNO2S/c25-21-13-4-5-14-22(21)26-24(27)16-29(28)23-15-6-3-11-20(23)19-12-7-9-17-8-1-2-10-18(17)19/h1-15H,16H2,(H,26,27). The van der Waals surface area contributed by atoms with Gasteiger partial charge in [0.05, 0.1) is 21.5 Å². The lowest BCUT2D eigenvalue weighted by Crippen LogP contribution is -2.20. The van der Waals surface area contributed by atoms with Crippen molar-refractivity contribution < 1.29 is 9.00 Å². The monoisotopic (exact) mass is 419 g/mol. The number of rotatable bonds is 5. The van der Waals surface area contributed by atoms with Crippen molar-refractivity contribution in [1.82, 2.24) is 0 Å². The molecule has 29 heavy (non-hydrogen) atoms.